The average Bonchev–Trinajstić information content (AvgIpc) is 2.63. The van der Waals surface area contributed by atoms with Crippen molar-refractivity contribution in [1.29, 1.82) is 0 Å². The van der Waals surface area contributed by atoms with Gasteiger partial charge in [-0.3, -0.25) is 14.5 Å². The van der Waals surface area contributed by atoms with E-state index >= 15 is 0 Å². The van der Waals surface area contributed by atoms with Crippen LogP contribution < -0.4 is 15.4 Å². The molecule has 0 saturated carbocycles. The first-order valence-electron chi connectivity index (χ1n) is 8.66. The minimum Gasteiger partial charge on any atom is -0.494 e. The summed E-state index contributed by atoms with van der Waals surface area (Å²) in [6.45, 7) is 2.76. The minimum atomic E-state index is -0.182. The first-order valence-corrected chi connectivity index (χ1v) is 9.88. The predicted octanol–water partition coefficient (Wildman–Crippen LogP) is 3.32. The van der Waals surface area contributed by atoms with Crippen LogP contribution in [0.3, 0.4) is 0 Å². The number of ether oxygens (including phenoxy) is 1. The Morgan fingerprint density at radius 3 is 2.26 bits per heavy atom. The lowest BCUT2D eigenvalue weighted by atomic mass is 10.3. The van der Waals surface area contributed by atoms with Gasteiger partial charge in [-0.15, -0.1) is 11.8 Å². The Hall–Kier alpha value is -2.51. The molecule has 0 saturated heterocycles. The lowest BCUT2D eigenvalue weighted by Gasteiger charge is -2.17. The third kappa shape index (κ3) is 6.96. The van der Waals surface area contributed by atoms with E-state index in [1.807, 2.05) is 37.4 Å². The molecule has 0 bridgehead atoms. The van der Waals surface area contributed by atoms with Crippen molar-refractivity contribution in [2.75, 3.05) is 43.6 Å². The molecule has 144 valence electrons. The molecule has 2 amide bonds. The number of carbonyl (C=O) groups excluding carboxylic acids is 2. The molecule has 0 unspecified atom stereocenters. The van der Waals surface area contributed by atoms with Crippen LogP contribution >= 0.6 is 11.8 Å². The number of nitrogens with zero attached hydrogens (tertiary/aromatic N) is 1. The Balaban J connectivity index is 1.81. The molecule has 0 atom stereocenters. The average molecular weight is 388 g/mol. The fourth-order valence-electron chi connectivity index (χ4n) is 2.49. The summed E-state index contributed by atoms with van der Waals surface area (Å²) in [4.78, 5) is 27.0. The van der Waals surface area contributed by atoms with Crippen LogP contribution in [-0.4, -0.2) is 49.7 Å². The first-order chi connectivity index (χ1) is 13.0. The number of likely N-dealkylation sites (N-methyl/N-ethyl adjacent to an activating group) is 1. The predicted molar refractivity (Wildman–Crippen MR) is 111 cm³/mol. The molecular weight excluding hydrogens is 362 g/mol. The van der Waals surface area contributed by atoms with Gasteiger partial charge in [0.2, 0.25) is 11.8 Å². The molecule has 0 fully saturated rings. The highest BCUT2D eigenvalue weighted by molar-refractivity contribution is 7.98. The number of carbonyl (C=O) groups is 2. The van der Waals surface area contributed by atoms with Gasteiger partial charge in [0.1, 0.15) is 5.75 Å². The summed E-state index contributed by atoms with van der Waals surface area (Å²) in [6.07, 6.45) is 1.96. The van der Waals surface area contributed by atoms with E-state index in [1.165, 1.54) is 0 Å². The maximum Gasteiger partial charge on any atom is 0.238 e. The second-order valence-electron chi connectivity index (χ2n) is 5.93. The van der Waals surface area contributed by atoms with Gasteiger partial charge in [-0.1, -0.05) is 12.1 Å². The van der Waals surface area contributed by atoms with Crippen LogP contribution in [0, 0.1) is 0 Å². The molecule has 0 radical (unpaired) electrons. The van der Waals surface area contributed by atoms with Gasteiger partial charge in [0.25, 0.3) is 0 Å². The summed E-state index contributed by atoms with van der Waals surface area (Å²) in [5.74, 6) is 0.418. The van der Waals surface area contributed by atoms with Gasteiger partial charge in [0.05, 0.1) is 25.4 Å². The van der Waals surface area contributed by atoms with Crippen LogP contribution in [0.2, 0.25) is 0 Å². The van der Waals surface area contributed by atoms with Crippen LogP contribution in [0.5, 0.6) is 5.75 Å². The monoisotopic (exact) mass is 387 g/mol. The zero-order valence-electron chi connectivity index (χ0n) is 15.8. The number of thioether (sulfide) groups is 1. The Morgan fingerprint density at radius 1 is 1.00 bits per heavy atom. The van der Waals surface area contributed by atoms with Crippen LogP contribution in [-0.2, 0) is 9.59 Å². The largest absolute Gasteiger partial charge is 0.494 e. The molecule has 0 aliphatic heterocycles. The molecule has 0 spiro atoms. The molecule has 7 heteroatoms. The van der Waals surface area contributed by atoms with Gasteiger partial charge in [0, 0.05) is 10.6 Å². The van der Waals surface area contributed by atoms with Gasteiger partial charge in [-0.05, 0) is 56.6 Å². The lowest BCUT2D eigenvalue weighted by molar-refractivity contribution is -0.119. The molecule has 2 aromatic rings. The van der Waals surface area contributed by atoms with E-state index in [0.717, 1.165) is 16.3 Å². The number of benzene rings is 2. The van der Waals surface area contributed by atoms with Crippen LogP contribution in [0.25, 0.3) is 0 Å². The normalized spacial score (nSPS) is 10.5. The molecule has 0 aromatic heterocycles. The lowest BCUT2D eigenvalue weighted by Crippen LogP contribution is -2.36. The highest BCUT2D eigenvalue weighted by atomic mass is 32.2. The Labute approximate surface area is 164 Å². The van der Waals surface area contributed by atoms with Gasteiger partial charge in [-0.25, -0.2) is 0 Å². The minimum absolute atomic E-state index is 0.116. The summed E-state index contributed by atoms with van der Waals surface area (Å²) in [7, 11) is 1.73. The Bertz CT molecular complexity index is 765. The highest BCUT2D eigenvalue weighted by Crippen LogP contribution is 2.24. The van der Waals surface area contributed by atoms with Crippen molar-refractivity contribution >= 4 is 35.0 Å². The summed E-state index contributed by atoms with van der Waals surface area (Å²) >= 11 is 1.57. The fourth-order valence-corrected chi connectivity index (χ4v) is 3.04. The van der Waals surface area contributed by atoms with Crippen molar-refractivity contribution < 1.29 is 14.3 Å². The summed E-state index contributed by atoms with van der Waals surface area (Å²) in [5, 5.41) is 5.70. The van der Waals surface area contributed by atoms with Crippen molar-refractivity contribution in [2.45, 2.75) is 11.8 Å². The summed E-state index contributed by atoms with van der Waals surface area (Å²) in [5.41, 5.74) is 1.47. The zero-order valence-corrected chi connectivity index (χ0v) is 16.6. The molecule has 6 nitrogen and oxygen atoms in total. The summed E-state index contributed by atoms with van der Waals surface area (Å²) in [6, 6.07) is 14.8. The molecular formula is C20H25N3O3S. The van der Waals surface area contributed by atoms with Gasteiger partial charge < -0.3 is 15.4 Å². The third-order valence-corrected chi connectivity index (χ3v) is 4.45. The van der Waals surface area contributed by atoms with Crippen molar-refractivity contribution in [3.05, 3.63) is 48.5 Å². The van der Waals surface area contributed by atoms with Crippen molar-refractivity contribution in [3.63, 3.8) is 0 Å². The van der Waals surface area contributed by atoms with Crippen molar-refractivity contribution in [3.8, 4) is 5.75 Å². The second kappa shape index (κ2) is 10.6. The maximum absolute atomic E-state index is 12.2. The number of nitrogens with one attached hydrogen (secondary N) is 2. The third-order valence-electron chi connectivity index (χ3n) is 3.66. The number of rotatable bonds is 9. The molecule has 2 aromatic carbocycles. The first kappa shape index (κ1) is 20.8. The molecule has 0 aliphatic carbocycles. The highest BCUT2D eigenvalue weighted by Gasteiger charge is 2.12. The number of hydrogen-bond acceptors (Lipinski definition) is 5. The second-order valence-corrected chi connectivity index (χ2v) is 6.77. The number of anilines is 2. The Kier molecular flexibility index (Phi) is 8.16. The molecule has 0 aliphatic rings. The standard InChI is InChI=1S/C20H25N3O3S/c1-4-26-16-11-9-15(10-12-16)21-19(24)13-23(2)14-20(25)22-17-7-5-6-8-18(17)27-3/h5-12H,4,13-14H2,1-3H3,(H,21,24)(H,22,25). The number of hydrogen-bond donors (Lipinski definition) is 2. The molecule has 2 rings (SSSR count). The topological polar surface area (TPSA) is 70.7 Å². The van der Waals surface area contributed by atoms with E-state index < -0.39 is 0 Å². The van der Waals surface area contributed by atoms with Crippen LogP contribution in [0.4, 0.5) is 11.4 Å². The van der Waals surface area contributed by atoms with E-state index in [4.69, 9.17) is 4.74 Å². The van der Waals surface area contributed by atoms with E-state index in [9.17, 15) is 9.59 Å². The molecule has 27 heavy (non-hydrogen) atoms. The van der Waals surface area contributed by atoms with E-state index in [-0.39, 0.29) is 24.9 Å². The molecule has 0 heterocycles. The van der Waals surface area contributed by atoms with Crippen molar-refractivity contribution in [2.24, 2.45) is 0 Å². The fraction of sp³-hybridized carbons (Fsp3) is 0.300. The van der Waals surface area contributed by atoms with E-state index in [1.54, 1.807) is 48.0 Å². The van der Waals surface area contributed by atoms with Gasteiger partial charge >= 0.3 is 0 Å². The van der Waals surface area contributed by atoms with E-state index in [2.05, 4.69) is 10.6 Å². The smallest absolute Gasteiger partial charge is 0.238 e. The summed E-state index contributed by atoms with van der Waals surface area (Å²) < 4.78 is 5.37. The zero-order chi connectivity index (χ0) is 19.6. The SMILES string of the molecule is CCOc1ccc(NC(=O)CN(C)CC(=O)Nc2ccccc2SC)cc1. The molecule has 2 N–H and O–H groups in total. The van der Waals surface area contributed by atoms with Crippen LogP contribution in [0.15, 0.2) is 53.4 Å². The number of para-hydroxylation sites is 1. The van der Waals surface area contributed by atoms with Crippen LogP contribution in [0.1, 0.15) is 6.92 Å². The van der Waals surface area contributed by atoms with Crippen molar-refractivity contribution in [1.82, 2.24) is 4.90 Å². The quantitative estimate of drug-likeness (QED) is 0.646. The van der Waals surface area contributed by atoms with Gasteiger partial charge in [-0.2, -0.15) is 0 Å². The van der Waals surface area contributed by atoms with Gasteiger partial charge in [0.15, 0.2) is 0 Å². The maximum atomic E-state index is 12.2. The Morgan fingerprint density at radius 2 is 1.63 bits per heavy atom. The van der Waals surface area contributed by atoms with E-state index in [0.29, 0.717) is 12.3 Å². The number of amides is 2.